The summed E-state index contributed by atoms with van der Waals surface area (Å²) >= 11 is 0. The number of hydrogen-bond acceptors (Lipinski definition) is 8. The SMILES string of the molecule is O=C(Cc1ccccc1CC(=O)ON1C(=O)CCC1=O)ON1C(=O)CCC1=O. The maximum Gasteiger partial charge on any atom is 0.337 e. The van der Waals surface area contributed by atoms with Gasteiger partial charge in [-0.15, -0.1) is 10.1 Å². The van der Waals surface area contributed by atoms with Gasteiger partial charge in [0.2, 0.25) is 0 Å². The number of nitrogens with zero attached hydrogens (tertiary/aromatic N) is 2. The lowest BCUT2D eigenvalue weighted by Gasteiger charge is -2.15. The number of imide groups is 2. The standard InChI is InChI=1S/C18H16N2O8/c21-13-5-6-14(22)19(13)27-17(25)9-11-3-1-2-4-12(11)10-18(26)28-20-15(23)7-8-16(20)24/h1-4H,5-10H2. The van der Waals surface area contributed by atoms with Crippen LogP contribution in [0, 0.1) is 0 Å². The molecule has 0 saturated carbocycles. The van der Waals surface area contributed by atoms with E-state index in [-0.39, 0.29) is 38.5 Å². The molecule has 0 aromatic heterocycles. The molecular formula is C18H16N2O8. The Morgan fingerprint density at radius 1 is 0.679 bits per heavy atom. The van der Waals surface area contributed by atoms with E-state index in [0.29, 0.717) is 21.3 Å². The van der Waals surface area contributed by atoms with Gasteiger partial charge in [-0.25, -0.2) is 9.59 Å². The van der Waals surface area contributed by atoms with E-state index in [4.69, 9.17) is 9.68 Å². The predicted molar refractivity (Wildman–Crippen MR) is 88.2 cm³/mol. The molecule has 0 bridgehead atoms. The third kappa shape index (κ3) is 4.22. The molecule has 0 radical (unpaired) electrons. The van der Waals surface area contributed by atoms with Gasteiger partial charge in [0.1, 0.15) is 0 Å². The van der Waals surface area contributed by atoms with Crippen LogP contribution in [-0.2, 0) is 51.3 Å². The number of hydroxylamine groups is 4. The van der Waals surface area contributed by atoms with Crippen molar-refractivity contribution in [3.8, 4) is 0 Å². The summed E-state index contributed by atoms with van der Waals surface area (Å²) in [6.07, 6.45) is -0.625. The largest absolute Gasteiger partial charge is 0.337 e. The third-order valence-corrected chi connectivity index (χ3v) is 4.19. The molecule has 2 aliphatic rings. The Kier molecular flexibility index (Phi) is 5.48. The monoisotopic (exact) mass is 388 g/mol. The van der Waals surface area contributed by atoms with E-state index < -0.39 is 35.6 Å². The van der Waals surface area contributed by atoms with Crippen molar-refractivity contribution in [3.63, 3.8) is 0 Å². The van der Waals surface area contributed by atoms with Gasteiger partial charge in [-0.1, -0.05) is 24.3 Å². The first kappa shape index (κ1) is 19.2. The number of carbonyl (C=O) groups excluding carboxylic acids is 6. The maximum absolute atomic E-state index is 12.1. The molecule has 0 aliphatic carbocycles. The number of hydrogen-bond donors (Lipinski definition) is 0. The molecule has 2 saturated heterocycles. The highest BCUT2D eigenvalue weighted by atomic mass is 16.7. The Labute approximate surface area is 158 Å². The molecule has 0 atom stereocenters. The summed E-state index contributed by atoms with van der Waals surface area (Å²) in [6, 6.07) is 6.42. The van der Waals surface area contributed by atoms with E-state index in [9.17, 15) is 28.8 Å². The van der Waals surface area contributed by atoms with E-state index in [0.717, 1.165) is 0 Å². The second-order valence-electron chi connectivity index (χ2n) is 6.21. The number of amides is 4. The minimum Gasteiger partial charge on any atom is -0.330 e. The average molecular weight is 388 g/mol. The summed E-state index contributed by atoms with van der Waals surface area (Å²) in [5.74, 6) is -4.03. The first-order chi connectivity index (χ1) is 13.3. The predicted octanol–water partition coefficient (Wildman–Crippen LogP) is -0.0140. The molecule has 0 N–H and O–H groups in total. The van der Waals surface area contributed by atoms with E-state index in [1.165, 1.54) is 0 Å². The first-order valence-corrected chi connectivity index (χ1v) is 8.55. The molecule has 0 unspecified atom stereocenters. The van der Waals surface area contributed by atoms with Crippen molar-refractivity contribution in [1.29, 1.82) is 0 Å². The second kappa shape index (κ2) is 7.99. The van der Waals surface area contributed by atoms with Crippen LogP contribution >= 0.6 is 0 Å². The lowest BCUT2D eigenvalue weighted by molar-refractivity contribution is -0.197. The fraction of sp³-hybridized carbons (Fsp3) is 0.333. The molecule has 3 rings (SSSR count). The zero-order valence-corrected chi connectivity index (χ0v) is 14.7. The summed E-state index contributed by atoms with van der Waals surface area (Å²) < 4.78 is 0. The molecule has 2 aliphatic heterocycles. The van der Waals surface area contributed by atoms with Crippen molar-refractivity contribution in [2.24, 2.45) is 0 Å². The van der Waals surface area contributed by atoms with Crippen LogP contribution in [0.3, 0.4) is 0 Å². The summed E-state index contributed by atoms with van der Waals surface area (Å²) in [4.78, 5) is 79.8. The molecule has 2 fully saturated rings. The lowest BCUT2D eigenvalue weighted by atomic mass is 10.0. The van der Waals surface area contributed by atoms with E-state index in [2.05, 4.69) is 0 Å². The summed E-state index contributed by atoms with van der Waals surface area (Å²) in [6.45, 7) is 0. The quantitative estimate of drug-likeness (QED) is 0.623. The highest BCUT2D eigenvalue weighted by molar-refractivity contribution is 6.02. The van der Waals surface area contributed by atoms with Gasteiger partial charge in [-0.05, 0) is 11.1 Å². The van der Waals surface area contributed by atoms with Crippen molar-refractivity contribution in [2.75, 3.05) is 0 Å². The second-order valence-corrected chi connectivity index (χ2v) is 6.21. The molecule has 1 aromatic carbocycles. The zero-order valence-electron chi connectivity index (χ0n) is 14.7. The van der Waals surface area contributed by atoms with Crippen LogP contribution in [0.4, 0.5) is 0 Å². The number of benzene rings is 1. The van der Waals surface area contributed by atoms with Gasteiger partial charge in [-0.2, -0.15) is 0 Å². The summed E-state index contributed by atoms with van der Waals surface area (Å²) in [7, 11) is 0. The molecular weight excluding hydrogens is 372 g/mol. The highest BCUT2D eigenvalue weighted by Gasteiger charge is 2.34. The van der Waals surface area contributed by atoms with Crippen LogP contribution in [0.2, 0.25) is 0 Å². The average Bonchev–Trinajstić information content (AvgIpc) is 3.13. The summed E-state index contributed by atoms with van der Waals surface area (Å²) in [5, 5.41) is 0.896. The van der Waals surface area contributed by atoms with Gasteiger partial charge in [0.15, 0.2) is 0 Å². The zero-order chi connectivity index (χ0) is 20.3. The van der Waals surface area contributed by atoms with Crippen molar-refractivity contribution in [3.05, 3.63) is 35.4 Å². The molecule has 28 heavy (non-hydrogen) atoms. The maximum atomic E-state index is 12.1. The third-order valence-electron chi connectivity index (χ3n) is 4.19. The van der Waals surface area contributed by atoms with Crippen LogP contribution < -0.4 is 0 Å². The minimum absolute atomic E-state index is 0.0114. The number of rotatable bonds is 6. The normalized spacial score (nSPS) is 16.7. The molecule has 10 heteroatoms. The smallest absolute Gasteiger partial charge is 0.330 e. The van der Waals surface area contributed by atoms with Crippen LogP contribution in [0.25, 0.3) is 0 Å². The molecule has 2 heterocycles. The van der Waals surface area contributed by atoms with Gasteiger partial charge in [-0.3, -0.25) is 19.2 Å². The Bertz CT molecular complexity index is 775. The molecule has 4 amide bonds. The van der Waals surface area contributed by atoms with Crippen LogP contribution in [0.1, 0.15) is 36.8 Å². The van der Waals surface area contributed by atoms with E-state index in [1.54, 1.807) is 24.3 Å². The van der Waals surface area contributed by atoms with Gasteiger partial charge in [0, 0.05) is 25.7 Å². The highest BCUT2D eigenvalue weighted by Crippen LogP contribution is 2.17. The number of carbonyl (C=O) groups is 6. The lowest BCUT2D eigenvalue weighted by Crippen LogP contribution is -2.33. The molecule has 1 aromatic rings. The van der Waals surface area contributed by atoms with Crippen LogP contribution in [0.15, 0.2) is 24.3 Å². The Balaban J connectivity index is 1.62. The van der Waals surface area contributed by atoms with Gasteiger partial charge >= 0.3 is 11.9 Å². The molecule has 0 spiro atoms. The van der Waals surface area contributed by atoms with Gasteiger partial charge < -0.3 is 9.68 Å². The fourth-order valence-electron chi connectivity index (χ4n) is 2.80. The minimum atomic E-state index is -0.839. The van der Waals surface area contributed by atoms with Crippen molar-refractivity contribution >= 4 is 35.6 Å². The van der Waals surface area contributed by atoms with Gasteiger partial charge in [0.05, 0.1) is 12.8 Å². The van der Waals surface area contributed by atoms with E-state index >= 15 is 0 Å². The van der Waals surface area contributed by atoms with Crippen molar-refractivity contribution in [1.82, 2.24) is 10.1 Å². The van der Waals surface area contributed by atoms with Crippen LogP contribution in [-0.4, -0.2) is 45.7 Å². The van der Waals surface area contributed by atoms with Crippen LogP contribution in [0.5, 0.6) is 0 Å². The Morgan fingerprint density at radius 2 is 1.00 bits per heavy atom. The van der Waals surface area contributed by atoms with Crippen molar-refractivity contribution < 1.29 is 38.4 Å². The summed E-state index contributed by atoms with van der Waals surface area (Å²) in [5.41, 5.74) is 0.838. The topological polar surface area (TPSA) is 127 Å². The fourth-order valence-corrected chi connectivity index (χ4v) is 2.80. The first-order valence-electron chi connectivity index (χ1n) is 8.55. The molecule has 146 valence electrons. The van der Waals surface area contributed by atoms with Crippen molar-refractivity contribution in [2.45, 2.75) is 38.5 Å². The van der Waals surface area contributed by atoms with E-state index in [1.807, 2.05) is 0 Å². The van der Waals surface area contributed by atoms with Gasteiger partial charge in [0.25, 0.3) is 23.6 Å². The Hall–Kier alpha value is -3.56. The molecule has 10 nitrogen and oxygen atoms in total. The Morgan fingerprint density at radius 3 is 1.32 bits per heavy atom.